The molecular weight excluding hydrogens is 348 g/mol. The van der Waals surface area contributed by atoms with E-state index in [1.807, 2.05) is 30.3 Å². The van der Waals surface area contributed by atoms with E-state index in [1.54, 1.807) is 6.20 Å². The molecule has 0 spiro atoms. The second kappa shape index (κ2) is 6.89. The summed E-state index contributed by atoms with van der Waals surface area (Å²) in [6.07, 6.45) is 5.83. The third-order valence-electron chi connectivity index (χ3n) is 5.77. The molecule has 1 atom stereocenters. The summed E-state index contributed by atoms with van der Waals surface area (Å²) in [6.45, 7) is 3.21. The monoisotopic (exact) mass is 372 g/mol. The van der Waals surface area contributed by atoms with Gasteiger partial charge in [0.25, 0.3) is 0 Å². The molecule has 0 bridgehead atoms. The Morgan fingerprint density at radius 2 is 1.96 bits per heavy atom. The van der Waals surface area contributed by atoms with Crippen LogP contribution in [0.15, 0.2) is 48.7 Å². The number of hydrogen-bond acceptors (Lipinski definition) is 3. The molecule has 0 radical (unpaired) electrons. The normalized spacial score (nSPS) is 18.1. The number of hydrogen-bond donors (Lipinski definition) is 1. The van der Waals surface area contributed by atoms with Crippen LogP contribution in [0.25, 0.3) is 22.4 Å². The third-order valence-corrected chi connectivity index (χ3v) is 5.77. The van der Waals surface area contributed by atoms with Gasteiger partial charge in [-0.05, 0) is 42.9 Å². The Bertz CT molecular complexity index is 1020. The molecule has 1 aromatic carbocycles. The molecule has 5 rings (SSSR count). The van der Waals surface area contributed by atoms with E-state index in [0.29, 0.717) is 24.1 Å². The Morgan fingerprint density at radius 1 is 1.14 bits per heavy atom. The molecule has 5 nitrogen and oxygen atoms in total. The summed E-state index contributed by atoms with van der Waals surface area (Å²) in [5.74, 6) is 1.70. The molecule has 1 N–H and O–H groups in total. The summed E-state index contributed by atoms with van der Waals surface area (Å²) in [4.78, 5) is 16.6. The molecule has 1 amide bonds. The van der Waals surface area contributed by atoms with Crippen molar-refractivity contribution in [2.24, 2.45) is 5.92 Å². The lowest BCUT2D eigenvalue weighted by atomic mass is 9.94. The first-order valence-electron chi connectivity index (χ1n) is 10.1. The zero-order valence-electron chi connectivity index (χ0n) is 16.1. The van der Waals surface area contributed by atoms with E-state index in [-0.39, 0.29) is 5.91 Å². The Morgan fingerprint density at radius 3 is 2.75 bits per heavy atom. The van der Waals surface area contributed by atoms with Crippen molar-refractivity contribution in [2.45, 2.75) is 45.1 Å². The zero-order chi connectivity index (χ0) is 19.1. The van der Waals surface area contributed by atoms with Crippen LogP contribution in [0.1, 0.15) is 44.2 Å². The van der Waals surface area contributed by atoms with Gasteiger partial charge < -0.3 is 5.32 Å². The van der Waals surface area contributed by atoms with Crippen molar-refractivity contribution in [1.82, 2.24) is 14.8 Å². The van der Waals surface area contributed by atoms with Gasteiger partial charge in [0.2, 0.25) is 5.91 Å². The van der Waals surface area contributed by atoms with Crippen LogP contribution in [-0.2, 0) is 11.3 Å². The summed E-state index contributed by atoms with van der Waals surface area (Å²) in [6, 6.07) is 14.3. The highest BCUT2D eigenvalue weighted by molar-refractivity contribution is 5.91. The van der Waals surface area contributed by atoms with E-state index in [4.69, 9.17) is 5.10 Å². The molecule has 1 fully saturated rings. The minimum absolute atomic E-state index is 0.0593. The van der Waals surface area contributed by atoms with Crippen molar-refractivity contribution >= 4 is 11.7 Å². The molecule has 1 aliphatic carbocycles. The number of nitrogens with one attached hydrogen (secondary N) is 1. The molecule has 0 saturated heterocycles. The Labute approximate surface area is 164 Å². The number of amides is 1. The number of anilines is 1. The summed E-state index contributed by atoms with van der Waals surface area (Å²) < 4.78 is 2.15. The fraction of sp³-hybridized carbons (Fsp3) is 0.348. The summed E-state index contributed by atoms with van der Waals surface area (Å²) in [7, 11) is 0. The van der Waals surface area contributed by atoms with E-state index in [9.17, 15) is 4.79 Å². The van der Waals surface area contributed by atoms with E-state index in [0.717, 1.165) is 35.3 Å². The number of aromatic nitrogens is 3. The van der Waals surface area contributed by atoms with E-state index < -0.39 is 0 Å². The number of carbonyl (C=O) groups excluding carboxylic acids is 1. The average molecular weight is 372 g/mol. The first-order valence-corrected chi connectivity index (χ1v) is 10.1. The van der Waals surface area contributed by atoms with Crippen LogP contribution < -0.4 is 5.32 Å². The molecule has 3 heterocycles. The SMILES string of the molecule is CC1CCn2nc(-c3ccccc3)c(-c3ccnc(NC(=O)CC4CC4)c3)c21. The minimum Gasteiger partial charge on any atom is -0.311 e. The van der Waals surface area contributed by atoms with Crippen molar-refractivity contribution in [1.29, 1.82) is 0 Å². The van der Waals surface area contributed by atoms with Crippen LogP contribution >= 0.6 is 0 Å². The standard InChI is InChI=1S/C23H24N4O/c1-15-10-12-27-23(15)21(22(26-27)17-5-3-2-4-6-17)18-9-11-24-19(14-18)25-20(28)13-16-7-8-16/h2-6,9,11,14-16H,7-8,10,12-13H2,1H3,(H,24,25,28). The predicted molar refractivity (Wildman–Crippen MR) is 110 cm³/mol. The van der Waals surface area contributed by atoms with Gasteiger partial charge in [-0.25, -0.2) is 4.98 Å². The number of rotatable bonds is 5. The van der Waals surface area contributed by atoms with E-state index in [2.05, 4.69) is 34.0 Å². The molecule has 1 aliphatic heterocycles. The van der Waals surface area contributed by atoms with Crippen LogP contribution in [-0.4, -0.2) is 20.7 Å². The van der Waals surface area contributed by atoms with Crippen LogP contribution in [0.5, 0.6) is 0 Å². The number of benzene rings is 1. The molecule has 3 aromatic rings. The van der Waals surface area contributed by atoms with Gasteiger partial charge in [-0.2, -0.15) is 5.10 Å². The molecule has 1 unspecified atom stereocenters. The average Bonchev–Trinajstić information content (AvgIpc) is 3.32. The van der Waals surface area contributed by atoms with Crippen LogP contribution in [0.4, 0.5) is 5.82 Å². The van der Waals surface area contributed by atoms with Gasteiger partial charge in [-0.1, -0.05) is 37.3 Å². The number of pyridine rings is 1. The second-order valence-corrected chi connectivity index (χ2v) is 8.01. The minimum atomic E-state index is 0.0593. The lowest BCUT2D eigenvalue weighted by molar-refractivity contribution is -0.116. The molecule has 142 valence electrons. The third kappa shape index (κ3) is 3.21. The van der Waals surface area contributed by atoms with Crippen LogP contribution in [0.3, 0.4) is 0 Å². The Kier molecular flexibility index (Phi) is 4.23. The maximum atomic E-state index is 12.2. The van der Waals surface area contributed by atoms with Crippen LogP contribution in [0.2, 0.25) is 0 Å². The van der Waals surface area contributed by atoms with E-state index >= 15 is 0 Å². The summed E-state index contributed by atoms with van der Waals surface area (Å²) >= 11 is 0. The van der Waals surface area contributed by atoms with Gasteiger partial charge in [0.15, 0.2) is 0 Å². The molecule has 28 heavy (non-hydrogen) atoms. The second-order valence-electron chi connectivity index (χ2n) is 8.01. The van der Waals surface area contributed by atoms with Crippen molar-refractivity contribution < 1.29 is 4.79 Å². The summed E-state index contributed by atoms with van der Waals surface area (Å²) in [5, 5.41) is 7.91. The first kappa shape index (κ1) is 17.2. The Balaban J connectivity index is 1.55. The lowest BCUT2D eigenvalue weighted by Crippen LogP contribution is -2.13. The smallest absolute Gasteiger partial charge is 0.225 e. The number of carbonyl (C=O) groups is 1. The molecular formula is C23H24N4O. The maximum absolute atomic E-state index is 12.2. The Hall–Kier alpha value is -2.95. The molecule has 2 aromatic heterocycles. The predicted octanol–water partition coefficient (Wildman–Crippen LogP) is 4.86. The van der Waals surface area contributed by atoms with Crippen molar-refractivity contribution in [2.75, 3.05) is 5.32 Å². The number of aryl methyl sites for hydroxylation is 1. The quantitative estimate of drug-likeness (QED) is 0.696. The molecule has 5 heteroatoms. The van der Waals surface area contributed by atoms with Gasteiger partial charge in [0, 0.05) is 41.9 Å². The van der Waals surface area contributed by atoms with Crippen LogP contribution in [0, 0.1) is 5.92 Å². The first-order chi connectivity index (χ1) is 13.7. The lowest BCUT2D eigenvalue weighted by Gasteiger charge is -2.11. The van der Waals surface area contributed by atoms with Gasteiger partial charge in [0.1, 0.15) is 11.5 Å². The van der Waals surface area contributed by atoms with Crippen molar-refractivity contribution in [3.8, 4) is 22.4 Å². The summed E-state index contributed by atoms with van der Waals surface area (Å²) in [5.41, 5.74) is 5.62. The highest BCUT2D eigenvalue weighted by Gasteiger charge is 2.29. The van der Waals surface area contributed by atoms with E-state index in [1.165, 1.54) is 18.5 Å². The maximum Gasteiger partial charge on any atom is 0.225 e. The highest BCUT2D eigenvalue weighted by Crippen LogP contribution is 2.42. The van der Waals surface area contributed by atoms with Gasteiger partial charge >= 0.3 is 0 Å². The number of fused-ring (bicyclic) bond motifs is 1. The highest BCUT2D eigenvalue weighted by atomic mass is 16.1. The molecule has 1 saturated carbocycles. The number of nitrogens with zero attached hydrogens (tertiary/aromatic N) is 3. The van der Waals surface area contributed by atoms with Crippen molar-refractivity contribution in [3.05, 3.63) is 54.4 Å². The fourth-order valence-electron chi connectivity index (χ4n) is 4.11. The fourth-order valence-corrected chi connectivity index (χ4v) is 4.11. The topological polar surface area (TPSA) is 59.8 Å². The molecule has 2 aliphatic rings. The van der Waals surface area contributed by atoms with Gasteiger partial charge in [-0.15, -0.1) is 0 Å². The largest absolute Gasteiger partial charge is 0.311 e. The van der Waals surface area contributed by atoms with Gasteiger partial charge in [0.05, 0.1) is 0 Å². The van der Waals surface area contributed by atoms with Gasteiger partial charge in [-0.3, -0.25) is 9.48 Å². The zero-order valence-corrected chi connectivity index (χ0v) is 16.1. The van der Waals surface area contributed by atoms with Crippen molar-refractivity contribution in [3.63, 3.8) is 0 Å².